The van der Waals surface area contributed by atoms with Gasteiger partial charge in [0.15, 0.2) is 0 Å². The summed E-state index contributed by atoms with van der Waals surface area (Å²) in [6.45, 7) is 5.30. The summed E-state index contributed by atoms with van der Waals surface area (Å²) in [6, 6.07) is 0. The highest BCUT2D eigenvalue weighted by Gasteiger charge is 2.22. The van der Waals surface area contributed by atoms with Crippen LogP contribution in [0.1, 0.15) is 41.5 Å². The van der Waals surface area contributed by atoms with E-state index >= 15 is 0 Å². The Morgan fingerprint density at radius 3 is 2.56 bits per heavy atom. The zero-order valence-corrected chi connectivity index (χ0v) is 10.8. The molecule has 1 atom stereocenters. The number of rotatable bonds is 4. The van der Waals surface area contributed by atoms with E-state index < -0.39 is 5.97 Å². The molecule has 1 fully saturated rings. The zero-order valence-electron chi connectivity index (χ0n) is 10.8. The minimum Gasteiger partial charge on any atom is -0.481 e. The van der Waals surface area contributed by atoms with Crippen LogP contribution < -0.4 is 0 Å². The van der Waals surface area contributed by atoms with Gasteiger partial charge >= 0.3 is 5.97 Å². The van der Waals surface area contributed by atoms with Crippen molar-refractivity contribution in [3.63, 3.8) is 0 Å². The van der Waals surface area contributed by atoms with Crippen molar-refractivity contribution in [3.05, 3.63) is 22.8 Å². The lowest BCUT2D eigenvalue weighted by Crippen LogP contribution is -2.11. The number of aryl methyl sites for hydroxylation is 2. The maximum atomic E-state index is 10.6. The monoisotopic (exact) mass is 250 g/mol. The molecule has 0 radical (unpaired) electrons. The van der Waals surface area contributed by atoms with Crippen molar-refractivity contribution in [2.75, 3.05) is 13.2 Å². The molecule has 0 aliphatic carbocycles. The Morgan fingerprint density at radius 1 is 1.39 bits per heavy atom. The quantitative estimate of drug-likeness (QED) is 0.879. The van der Waals surface area contributed by atoms with Crippen LogP contribution in [0, 0.1) is 13.8 Å². The largest absolute Gasteiger partial charge is 0.481 e. The first-order chi connectivity index (χ1) is 8.58. The Bertz CT molecular complexity index is 431. The first-order valence-corrected chi connectivity index (χ1v) is 6.21. The van der Waals surface area contributed by atoms with Crippen LogP contribution in [0.15, 0.2) is 0 Å². The molecule has 1 aromatic heterocycles. The van der Waals surface area contributed by atoms with Gasteiger partial charge in [-0.05, 0) is 32.3 Å². The minimum absolute atomic E-state index is 0.122. The number of aliphatic carboxylic acids is 1. The molecule has 0 saturated carbocycles. The van der Waals surface area contributed by atoms with Crippen LogP contribution in [0.3, 0.4) is 0 Å². The van der Waals surface area contributed by atoms with Gasteiger partial charge in [-0.25, -0.2) is 9.97 Å². The van der Waals surface area contributed by atoms with E-state index in [0.717, 1.165) is 35.8 Å². The fourth-order valence-corrected chi connectivity index (χ4v) is 2.28. The summed E-state index contributed by atoms with van der Waals surface area (Å²) in [5.41, 5.74) is 2.75. The molecule has 1 aliphatic heterocycles. The Balaban J connectivity index is 2.20. The standard InChI is InChI=1S/C13H18N2O3/c1-8-11(3-4-12(16)17)9(2)15-13(14-8)10-5-6-18-7-10/h10H,3-7H2,1-2H3,(H,16,17). The lowest BCUT2D eigenvalue weighted by molar-refractivity contribution is -0.136. The van der Waals surface area contributed by atoms with Crippen molar-refractivity contribution in [1.29, 1.82) is 0 Å². The highest BCUT2D eigenvalue weighted by molar-refractivity contribution is 5.67. The van der Waals surface area contributed by atoms with Gasteiger partial charge < -0.3 is 9.84 Å². The molecule has 0 aromatic carbocycles. The van der Waals surface area contributed by atoms with Crippen molar-refractivity contribution in [1.82, 2.24) is 9.97 Å². The third-order valence-corrected chi connectivity index (χ3v) is 3.32. The van der Waals surface area contributed by atoms with E-state index in [9.17, 15) is 4.79 Å². The van der Waals surface area contributed by atoms with E-state index in [-0.39, 0.29) is 12.3 Å². The number of hydrogen-bond acceptors (Lipinski definition) is 4. The Kier molecular flexibility index (Phi) is 3.91. The fraction of sp³-hybridized carbons (Fsp3) is 0.615. The smallest absolute Gasteiger partial charge is 0.303 e. The molecule has 0 amide bonds. The normalized spacial score (nSPS) is 19.1. The average molecular weight is 250 g/mol. The molecule has 2 heterocycles. The first-order valence-electron chi connectivity index (χ1n) is 6.21. The molecule has 1 aliphatic rings. The van der Waals surface area contributed by atoms with E-state index in [0.29, 0.717) is 13.0 Å². The van der Waals surface area contributed by atoms with Crippen molar-refractivity contribution in [2.45, 2.75) is 39.0 Å². The van der Waals surface area contributed by atoms with Crippen molar-refractivity contribution < 1.29 is 14.6 Å². The van der Waals surface area contributed by atoms with E-state index in [4.69, 9.17) is 9.84 Å². The Labute approximate surface area is 106 Å². The second kappa shape index (κ2) is 5.44. The predicted molar refractivity (Wildman–Crippen MR) is 65.6 cm³/mol. The van der Waals surface area contributed by atoms with E-state index in [1.165, 1.54) is 0 Å². The summed E-state index contributed by atoms with van der Waals surface area (Å²) >= 11 is 0. The number of ether oxygens (including phenoxy) is 1. The second-order valence-corrected chi connectivity index (χ2v) is 4.69. The number of carboxylic acids is 1. The fourth-order valence-electron chi connectivity index (χ4n) is 2.28. The van der Waals surface area contributed by atoms with E-state index in [2.05, 4.69) is 9.97 Å². The highest BCUT2D eigenvalue weighted by Crippen LogP contribution is 2.24. The summed E-state index contributed by atoms with van der Waals surface area (Å²) in [6.07, 6.45) is 1.58. The third kappa shape index (κ3) is 2.85. The summed E-state index contributed by atoms with van der Waals surface area (Å²) in [5.74, 6) is 0.333. The number of nitrogens with zero attached hydrogens (tertiary/aromatic N) is 2. The van der Waals surface area contributed by atoms with Gasteiger partial charge in [0.2, 0.25) is 0 Å². The molecule has 0 spiro atoms. The van der Waals surface area contributed by atoms with Crippen molar-refractivity contribution in [2.24, 2.45) is 0 Å². The van der Waals surface area contributed by atoms with Gasteiger partial charge in [-0.15, -0.1) is 0 Å². The van der Waals surface area contributed by atoms with Crippen LogP contribution in [-0.4, -0.2) is 34.3 Å². The molecule has 1 N–H and O–H groups in total. The summed E-state index contributed by atoms with van der Waals surface area (Å²) in [7, 11) is 0. The van der Waals surface area contributed by atoms with Crippen LogP contribution in [0.25, 0.3) is 0 Å². The lowest BCUT2D eigenvalue weighted by atomic mass is 10.0. The SMILES string of the molecule is Cc1nc(C2CCOC2)nc(C)c1CCC(=O)O. The van der Waals surface area contributed by atoms with Crippen LogP contribution in [0.2, 0.25) is 0 Å². The Morgan fingerprint density at radius 2 is 2.06 bits per heavy atom. The molecular weight excluding hydrogens is 232 g/mol. The third-order valence-electron chi connectivity index (χ3n) is 3.32. The maximum absolute atomic E-state index is 10.6. The minimum atomic E-state index is -0.790. The van der Waals surface area contributed by atoms with Crippen LogP contribution in [0.5, 0.6) is 0 Å². The molecule has 2 rings (SSSR count). The van der Waals surface area contributed by atoms with Crippen LogP contribution >= 0.6 is 0 Å². The lowest BCUT2D eigenvalue weighted by Gasteiger charge is -2.12. The molecule has 0 bridgehead atoms. The molecule has 1 unspecified atom stereocenters. The van der Waals surface area contributed by atoms with E-state index in [1.807, 2.05) is 13.8 Å². The molecule has 98 valence electrons. The van der Waals surface area contributed by atoms with Gasteiger partial charge in [-0.3, -0.25) is 4.79 Å². The number of aromatic nitrogens is 2. The summed E-state index contributed by atoms with van der Waals surface area (Å²) < 4.78 is 5.34. The van der Waals surface area contributed by atoms with Crippen LogP contribution in [0.4, 0.5) is 0 Å². The topological polar surface area (TPSA) is 72.3 Å². The summed E-state index contributed by atoms with van der Waals surface area (Å²) in [5, 5.41) is 8.73. The number of carboxylic acid groups (broad SMARTS) is 1. The van der Waals surface area contributed by atoms with Gasteiger partial charge in [0, 0.05) is 30.3 Å². The molecule has 5 nitrogen and oxygen atoms in total. The van der Waals surface area contributed by atoms with Gasteiger partial charge in [0.25, 0.3) is 0 Å². The molecular formula is C13H18N2O3. The van der Waals surface area contributed by atoms with Crippen LogP contribution in [-0.2, 0) is 16.0 Å². The number of carbonyl (C=O) groups is 1. The van der Waals surface area contributed by atoms with Gasteiger partial charge in [0.05, 0.1) is 6.61 Å². The molecule has 5 heteroatoms. The predicted octanol–water partition coefficient (Wildman–Crippen LogP) is 1.61. The summed E-state index contributed by atoms with van der Waals surface area (Å²) in [4.78, 5) is 19.6. The second-order valence-electron chi connectivity index (χ2n) is 4.69. The Hall–Kier alpha value is -1.49. The highest BCUT2D eigenvalue weighted by atomic mass is 16.5. The molecule has 18 heavy (non-hydrogen) atoms. The van der Waals surface area contributed by atoms with Gasteiger partial charge in [0.1, 0.15) is 5.82 Å². The van der Waals surface area contributed by atoms with Crippen molar-refractivity contribution >= 4 is 5.97 Å². The molecule has 1 aromatic rings. The number of hydrogen-bond donors (Lipinski definition) is 1. The maximum Gasteiger partial charge on any atom is 0.303 e. The molecule has 1 saturated heterocycles. The zero-order chi connectivity index (χ0) is 13.1. The average Bonchev–Trinajstić information content (AvgIpc) is 2.80. The van der Waals surface area contributed by atoms with E-state index in [1.54, 1.807) is 0 Å². The van der Waals surface area contributed by atoms with Gasteiger partial charge in [-0.2, -0.15) is 0 Å². The van der Waals surface area contributed by atoms with Gasteiger partial charge in [-0.1, -0.05) is 0 Å². The van der Waals surface area contributed by atoms with Crippen molar-refractivity contribution in [3.8, 4) is 0 Å². The first kappa shape index (κ1) is 13.0.